The average molecular weight is 252 g/mol. The van der Waals surface area contributed by atoms with Gasteiger partial charge in [0.15, 0.2) is 0 Å². The van der Waals surface area contributed by atoms with E-state index in [0.717, 1.165) is 25.4 Å². The quantitative estimate of drug-likeness (QED) is 0.600. The summed E-state index contributed by atoms with van der Waals surface area (Å²) >= 11 is 0. The van der Waals surface area contributed by atoms with Gasteiger partial charge in [0, 0.05) is 25.3 Å². The third-order valence-corrected chi connectivity index (χ3v) is 4.45. The van der Waals surface area contributed by atoms with Gasteiger partial charge in [0.25, 0.3) is 0 Å². The van der Waals surface area contributed by atoms with Gasteiger partial charge in [-0.15, -0.1) is 6.58 Å². The van der Waals surface area contributed by atoms with Crippen molar-refractivity contribution < 1.29 is 9.69 Å². The molecule has 4 nitrogen and oxygen atoms in total. The highest BCUT2D eigenvalue weighted by atomic mass is 16.2. The molecule has 3 aliphatic rings. The van der Waals surface area contributed by atoms with Gasteiger partial charge in [-0.2, -0.15) is 0 Å². The van der Waals surface area contributed by atoms with Gasteiger partial charge < -0.3 is 15.5 Å². The van der Waals surface area contributed by atoms with Crippen molar-refractivity contribution in [3.05, 3.63) is 12.7 Å². The zero-order valence-electron chi connectivity index (χ0n) is 11.4. The number of fused-ring (bicyclic) bond motifs is 3. The number of carbonyl (C=O) groups is 1. The van der Waals surface area contributed by atoms with E-state index in [1.165, 1.54) is 25.9 Å². The predicted octanol–water partition coefficient (Wildman–Crippen LogP) is 0.175. The van der Waals surface area contributed by atoms with Gasteiger partial charge in [0.05, 0.1) is 19.6 Å². The molecular formula is C14H26N3O+. The largest absolute Gasteiger partial charge is 0.338 e. The number of quaternary nitrogens is 1. The smallest absolute Gasteiger partial charge is 0.315 e. The zero-order valence-corrected chi connectivity index (χ0v) is 11.4. The lowest BCUT2D eigenvalue weighted by molar-refractivity contribution is -0.944. The molecule has 0 radical (unpaired) electrons. The number of rotatable bonds is 5. The Balaban J connectivity index is 1.75. The Morgan fingerprint density at radius 3 is 2.94 bits per heavy atom. The molecule has 102 valence electrons. The molecule has 3 fully saturated rings. The third-order valence-electron chi connectivity index (χ3n) is 4.45. The molecule has 0 spiro atoms. The molecule has 0 aromatic carbocycles. The fraction of sp³-hybridized carbons (Fsp3) is 0.786. The molecule has 3 saturated heterocycles. The normalized spacial score (nSPS) is 34.1. The van der Waals surface area contributed by atoms with Gasteiger partial charge in [-0.3, -0.25) is 0 Å². The van der Waals surface area contributed by atoms with E-state index in [-0.39, 0.29) is 6.03 Å². The second-order valence-corrected chi connectivity index (χ2v) is 5.63. The summed E-state index contributed by atoms with van der Waals surface area (Å²) in [5, 5.41) is 5.87. The summed E-state index contributed by atoms with van der Waals surface area (Å²) in [7, 11) is 0. The maximum atomic E-state index is 11.5. The van der Waals surface area contributed by atoms with Gasteiger partial charge in [0.2, 0.25) is 0 Å². The molecule has 0 aromatic rings. The number of carbonyl (C=O) groups excluding carboxylic acids is 1. The summed E-state index contributed by atoms with van der Waals surface area (Å²) in [5.74, 6) is 1.49. The second kappa shape index (κ2) is 6.23. The number of amides is 2. The number of piperidine rings is 3. The summed E-state index contributed by atoms with van der Waals surface area (Å²) in [6.45, 7) is 10.0. The minimum absolute atomic E-state index is 0.0147. The predicted molar refractivity (Wildman–Crippen MR) is 72.6 cm³/mol. The molecule has 2 bridgehead atoms. The van der Waals surface area contributed by atoms with Crippen LogP contribution in [0, 0.1) is 11.8 Å². The first-order valence-electron chi connectivity index (χ1n) is 7.23. The molecule has 18 heavy (non-hydrogen) atoms. The Bertz CT molecular complexity index is 305. The minimum Gasteiger partial charge on any atom is -0.338 e. The van der Waals surface area contributed by atoms with Crippen molar-refractivity contribution in [1.82, 2.24) is 10.6 Å². The van der Waals surface area contributed by atoms with E-state index in [2.05, 4.69) is 30.2 Å². The van der Waals surface area contributed by atoms with Gasteiger partial charge >= 0.3 is 6.03 Å². The van der Waals surface area contributed by atoms with Crippen LogP contribution in [0.3, 0.4) is 0 Å². The van der Waals surface area contributed by atoms with Crippen molar-refractivity contribution in [3.8, 4) is 0 Å². The van der Waals surface area contributed by atoms with E-state index in [4.69, 9.17) is 0 Å². The molecule has 0 saturated carbocycles. The zero-order chi connectivity index (χ0) is 13.0. The maximum Gasteiger partial charge on any atom is 0.315 e. The lowest BCUT2D eigenvalue weighted by atomic mass is 9.75. The fourth-order valence-electron chi connectivity index (χ4n) is 3.37. The van der Waals surface area contributed by atoms with E-state index in [1.807, 2.05) is 0 Å². The molecule has 0 aliphatic carbocycles. The molecular weight excluding hydrogens is 226 g/mol. The molecule has 3 heterocycles. The van der Waals surface area contributed by atoms with Crippen molar-refractivity contribution in [2.75, 3.05) is 26.2 Å². The van der Waals surface area contributed by atoms with Gasteiger partial charge in [-0.1, -0.05) is 13.0 Å². The summed E-state index contributed by atoms with van der Waals surface area (Å²) in [4.78, 5) is 13.2. The second-order valence-electron chi connectivity index (χ2n) is 5.63. The molecule has 3 N–H and O–H groups in total. The van der Waals surface area contributed by atoms with E-state index < -0.39 is 0 Å². The Morgan fingerprint density at radius 2 is 2.33 bits per heavy atom. The summed E-state index contributed by atoms with van der Waals surface area (Å²) in [6, 6.07) is 0.589. The van der Waals surface area contributed by atoms with Crippen LogP contribution in [-0.4, -0.2) is 38.3 Å². The fourth-order valence-corrected chi connectivity index (χ4v) is 3.37. The third kappa shape index (κ3) is 3.05. The Labute approximate surface area is 110 Å². The first-order valence-corrected chi connectivity index (χ1v) is 7.23. The lowest BCUT2D eigenvalue weighted by Crippen LogP contribution is -3.20. The van der Waals surface area contributed by atoms with Gasteiger partial charge in [-0.05, 0) is 12.3 Å². The van der Waals surface area contributed by atoms with Crippen molar-refractivity contribution in [1.29, 1.82) is 0 Å². The number of hydrogen-bond donors (Lipinski definition) is 3. The first kappa shape index (κ1) is 13.4. The van der Waals surface area contributed by atoms with E-state index in [1.54, 1.807) is 4.90 Å². The van der Waals surface area contributed by atoms with Crippen LogP contribution in [0.5, 0.6) is 0 Å². The van der Waals surface area contributed by atoms with E-state index in [0.29, 0.717) is 12.0 Å². The maximum absolute atomic E-state index is 11.5. The highest BCUT2D eigenvalue weighted by Crippen LogP contribution is 2.27. The van der Waals surface area contributed by atoms with Gasteiger partial charge in [0.1, 0.15) is 6.04 Å². The molecule has 2 amide bonds. The highest BCUT2D eigenvalue weighted by Gasteiger charge is 2.42. The molecule has 1 unspecified atom stereocenters. The molecule has 4 atom stereocenters. The average Bonchev–Trinajstić information content (AvgIpc) is 2.43. The first-order chi connectivity index (χ1) is 8.74. The Morgan fingerprint density at radius 1 is 1.50 bits per heavy atom. The summed E-state index contributed by atoms with van der Waals surface area (Å²) in [5.41, 5.74) is 0. The monoisotopic (exact) mass is 252 g/mol. The topological polar surface area (TPSA) is 45.6 Å². The Kier molecular flexibility index (Phi) is 4.64. The van der Waals surface area contributed by atoms with Crippen LogP contribution in [0.2, 0.25) is 0 Å². The standard InChI is InChI=1S/C14H25N3O/c1-3-6-15-14(18)16-9-13-8-12-5-7-17(13)10-11(12)4-2/h4,11-13H,2-3,5-10H2,1H3,(H2,15,16,18)/p+1/t11-,12+,13+/m0/s1. The van der Waals surface area contributed by atoms with Crippen LogP contribution in [0.15, 0.2) is 12.7 Å². The summed E-state index contributed by atoms with van der Waals surface area (Å²) in [6.07, 6.45) is 5.67. The van der Waals surface area contributed by atoms with Gasteiger partial charge in [-0.25, -0.2) is 4.79 Å². The van der Waals surface area contributed by atoms with Crippen molar-refractivity contribution in [2.24, 2.45) is 11.8 Å². The van der Waals surface area contributed by atoms with Crippen molar-refractivity contribution in [2.45, 2.75) is 32.2 Å². The van der Waals surface area contributed by atoms with Crippen LogP contribution < -0.4 is 15.5 Å². The lowest BCUT2D eigenvalue weighted by Gasteiger charge is -2.46. The van der Waals surface area contributed by atoms with Crippen LogP contribution in [0.25, 0.3) is 0 Å². The molecule has 0 aromatic heterocycles. The highest BCUT2D eigenvalue weighted by molar-refractivity contribution is 5.73. The number of urea groups is 1. The van der Waals surface area contributed by atoms with E-state index >= 15 is 0 Å². The van der Waals surface area contributed by atoms with Crippen molar-refractivity contribution in [3.63, 3.8) is 0 Å². The molecule has 3 aliphatic heterocycles. The van der Waals surface area contributed by atoms with Crippen LogP contribution in [0.1, 0.15) is 26.2 Å². The molecule has 4 heteroatoms. The number of nitrogens with one attached hydrogen (secondary N) is 3. The Hall–Kier alpha value is -1.03. The number of hydrogen-bond acceptors (Lipinski definition) is 1. The van der Waals surface area contributed by atoms with Crippen LogP contribution >= 0.6 is 0 Å². The SMILES string of the molecule is C=C[C@H]1C[NH+]2CC[C@@H]1C[C@@H]2CNC(=O)NCCC. The van der Waals surface area contributed by atoms with Crippen molar-refractivity contribution >= 4 is 6.03 Å². The summed E-state index contributed by atoms with van der Waals surface area (Å²) < 4.78 is 0. The van der Waals surface area contributed by atoms with Crippen LogP contribution in [-0.2, 0) is 0 Å². The minimum atomic E-state index is -0.0147. The molecule has 3 rings (SSSR count). The van der Waals surface area contributed by atoms with Crippen LogP contribution in [0.4, 0.5) is 4.79 Å². The van der Waals surface area contributed by atoms with E-state index in [9.17, 15) is 4.79 Å².